The molecule has 0 saturated heterocycles. The molecule has 0 unspecified atom stereocenters. The lowest BCUT2D eigenvalue weighted by Crippen LogP contribution is -2.03. The minimum atomic E-state index is -0.467. The van der Waals surface area contributed by atoms with E-state index < -0.39 is 4.92 Å². The number of hydrogen-bond donors (Lipinski definition) is 1. The lowest BCUT2D eigenvalue weighted by atomic mass is 10.0. The standard InChI is InChI=1S/C14H12N2O3/c1-10-2-4-11(5-3-10)14(15-17)12-6-8-13(9-7-12)16(18)19/h2-9,17H,1H3/b15-14+. The van der Waals surface area contributed by atoms with E-state index in [0.29, 0.717) is 11.3 Å². The third-order valence-electron chi connectivity index (χ3n) is 2.78. The molecule has 0 bridgehead atoms. The molecule has 96 valence electrons. The molecule has 0 spiro atoms. The van der Waals surface area contributed by atoms with E-state index in [2.05, 4.69) is 5.16 Å². The molecule has 0 aliphatic heterocycles. The maximum absolute atomic E-state index is 10.6. The fourth-order valence-electron chi connectivity index (χ4n) is 1.73. The van der Waals surface area contributed by atoms with Crippen LogP contribution in [0.3, 0.4) is 0 Å². The first-order chi connectivity index (χ1) is 9.11. The van der Waals surface area contributed by atoms with Crippen LogP contribution in [-0.2, 0) is 0 Å². The van der Waals surface area contributed by atoms with Gasteiger partial charge in [-0.3, -0.25) is 10.1 Å². The highest BCUT2D eigenvalue weighted by Gasteiger charge is 2.10. The van der Waals surface area contributed by atoms with Gasteiger partial charge in [-0.2, -0.15) is 0 Å². The molecule has 5 nitrogen and oxygen atoms in total. The Labute approximate surface area is 110 Å². The molecule has 0 fully saturated rings. The summed E-state index contributed by atoms with van der Waals surface area (Å²) in [5, 5.41) is 23.0. The Hall–Kier alpha value is -2.69. The number of oxime groups is 1. The van der Waals surface area contributed by atoms with Crippen molar-refractivity contribution in [2.24, 2.45) is 5.16 Å². The van der Waals surface area contributed by atoms with E-state index in [1.165, 1.54) is 12.1 Å². The summed E-state index contributed by atoms with van der Waals surface area (Å²) in [5.74, 6) is 0. The van der Waals surface area contributed by atoms with Crippen molar-refractivity contribution in [3.8, 4) is 0 Å². The smallest absolute Gasteiger partial charge is 0.269 e. The molecule has 0 atom stereocenters. The summed E-state index contributed by atoms with van der Waals surface area (Å²) in [6.45, 7) is 1.96. The Balaban J connectivity index is 2.37. The first-order valence-electron chi connectivity index (χ1n) is 5.66. The van der Waals surface area contributed by atoms with E-state index in [1.54, 1.807) is 12.1 Å². The zero-order chi connectivity index (χ0) is 13.8. The average molecular weight is 256 g/mol. The lowest BCUT2D eigenvalue weighted by Gasteiger charge is -2.05. The van der Waals surface area contributed by atoms with Gasteiger partial charge in [0, 0.05) is 23.3 Å². The van der Waals surface area contributed by atoms with Gasteiger partial charge < -0.3 is 5.21 Å². The second-order valence-corrected chi connectivity index (χ2v) is 4.12. The van der Waals surface area contributed by atoms with Gasteiger partial charge in [0.05, 0.1) is 4.92 Å². The van der Waals surface area contributed by atoms with Gasteiger partial charge in [-0.05, 0) is 19.1 Å². The number of nitro benzene ring substituents is 1. The van der Waals surface area contributed by atoms with Crippen LogP contribution in [0.4, 0.5) is 5.69 Å². The topological polar surface area (TPSA) is 75.7 Å². The van der Waals surface area contributed by atoms with E-state index >= 15 is 0 Å². The van der Waals surface area contributed by atoms with Crippen LogP contribution < -0.4 is 0 Å². The van der Waals surface area contributed by atoms with E-state index in [4.69, 9.17) is 5.21 Å². The fraction of sp³-hybridized carbons (Fsp3) is 0.0714. The molecule has 0 radical (unpaired) electrons. The predicted octanol–water partition coefficient (Wildman–Crippen LogP) is 3.13. The van der Waals surface area contributed by atoms with Crippen molar-refractivity contribution in [2.45, 2.75) is 6.92 Å². The van der Waals surface area contributed by atoms with E-state index in [0.717, 1.165) is 11.1 Å². The summed E-state index contributed by atoms with van der Waals surface area (Å²) in [6, 6.07) is 13.4. The van der Waals surface area contributed by atoms with E-state index in [9.17, 15) is 10.1 Å². The van der Waals surface area contributed by atoms with Gasteiger partial charge >= 0.3 is 0 Å². The SMILES string of the molecule is Cc1ccc(/C(=N\O)c2ccc([N+](=O)[O-])cc2)cc1. The molecule has 0 aliphatic rings. The fourth-order valence-corrected chi connectivity index (χ4v) is 1.73. The van der Waals surface area contributed by atoms with Crippen molar-refractivity contribution in [1.29, 1.82) is 0 Å². The summed E-state index contributed by atoms with van der Waals surface area (Å²) in [5.41, 5.74) is 2.86. The number of nitrogens with zero attached hydrogens (tertiary/aromatic N) is 2. The predicted molar refractivity (Wildman–Crippen MR) is 71.7 cm³/mol. The highest BCUT2D eigenvalue weighted by Crippen LogP contribution is 2.16. The first kappa shape index (κ1) is 12.8. The van der Waals surface area contributed by atoms with Gasteiger partial charge in [-0.1, -0.05) is 35.0 Å². The molecule has 0 saturated carbocycles. The van der Waals surface area contributed by atoms with Crippen LogP contribution in [0.25, 0.3) is 0 Å². The summed E-state index contributed by atoms with van der Waals surface area (Å²) < 4.78 is 0. The minimum absolute atomic E-state index is 0.00458. The molecular formula is C14H12N2O3. The van der Waals surface area contributed by atoms with Crippen LogP contribution in [0.15, 0.2) is 53.7 Å². The molecule has 0 aliphatic carbocycles. The van der Waals surface area contributed by atoms with Gasteiger partial charge in [-0.15, -0.1) is 0 Å². The maximum atomic E-state index is 10.6. The van der Waals surface area contributed by atoms with Crippen molar-refractivity contribution < 1.29 is 10.1 Å². The highest BCUT2D eigenvalue weighted by atomic mass is 16.6. The van der Waals surface area contributed by atoms with Crippen molar-refractivity contribution in [3.05, 3.63) is 75.3 Å². The zero-order valence-electron chi connectivity index (χ0n) is 10.3. The maximum Gasteiger partial charge on any atom is 0.269 e. The van der Waals surface area contributed by atoms with Crippen molar-refractivity contribution in [3.63, 3.8) is 0 Å². The number of nitro groups is 1. The number of benzene rings is 2. The molecule has 19 heavy (non-hydrogen) atoms. The van der Waals surface area contributed by atoms with Crippen LogP contribution in [0.5, 0.6) is 0 Å². The molecule has 0 heterocycles. The summed E-state index contributed by atoms with van der Waals surface area (Å²) in [6.07, 6.45) is 0. The second kappa shape index (κ2) is 5.30. The highest BCUT2D eigenvalue weighted by molar-refractivity contribution is 6.12. The van der Waals surface area contributed by atoms with Crippen LogP contribution in [0.2, 0.25) is 0 Å². The Bertz CT molecular complexity index is 616. The van der Waals surface area contributed by atoms with Crippen LogP contribution in [0.1, 0.15) is 16.7 Å². The molecule has 2 rings (SSSR count). The summed E-state index contributed by atoms with van der Waals surface area (Å²) in [7, 11) is 0. The second-order valence-electron chi connectivity index (χ2n) is 4.12. The molecule has 2 aromatic carbocycles. The zero-order valence-corrected chi connectivity index (χ0v) is 10.3. The average Bonchev–Trinajstić information content (AvgIpc) is 2.42. The largest absolute Gasteiger partial charge is 0.410 e. The van der Waals surface area contributed by atoms with E-state index in [-0.39, 0.29) is 5.69 Å². The van der Waals surface area contributed by atoms with Crippen LogP contribution >= 0.6 is 0 Å². The molecule has 5 heteroatoms. The number of hydrogen-bond acceptors (Lipinski definition) is 4. The van der Waals surface area contributed by atoms with Crippen molar-refractivity contribution in [2.75, 3.05) is 0 Å². The van der Waals surface area contributed by atoms with E-state index in [1.807, 2.05) is 31.2 Å². The van der Waals surface area contributed by atoms with Gasteiger partial charge in [-0.25, -0.2) is 0 Å². The van der Waals surface area contributed by atoms with Gasteiger partial charge in [0.2, 0.25) is 0 Å². The van der Waals surface area contributed by atoms with Crippen LogP contribution in [0, 0.1) is 17.0 Å². The summed E-state index contributed by atoms with van der Waals surface area (Å²) in [4.78, 5) is 10.1. The van der Waals surface area contributed by atoms with Gasteiger partial charge in [0.15, 0.2) is 0 Å². The summed E-state index contributed by atoms with van der Waals surface area (Å²) >= 11 is 0. The molecule has 0 aromatic heterocycles. The Kier molecular flexibility index (Phi) is 3.56. The third-order valence-corrected chi connectivity index (χ3v) is 2.78. The lowest BCUT2D eigenvalue weighted by molar-refractivity contribution is -0.384. The van der Waals surface area contributed by atoms with Crippen molar-refractivity contribution >= 4 is 11.4 Å². The number of rotatable bonds is 3. The molecule has 0 amide bonds. The first-order valence-corrected chi connectivity index (χ1v) is 5.66. The van der Waals surface area contributed by atoms with Crippen molar-refractivity contribution in [1.82, 2.24) is 0 Å². The monoisotopic (exact) mass is 256 g/mol. The Morgan fingerprint density at radius 3 is 1.95 bits per heavy atom. The molecule has 1 N–H and O–H groups in total. The third kappa shape index (κ3) is 2.77. The van der Waals surface area contributed by atoms with Gasteiger partial charge in [0.1, 0.15) is 5.71 Å². The molecular weight excluding hydrogens is 244 g/mol. The quantitative estimate of drug-likeness (QED) is 0.396. The molecule has 2 aromatic rings. The minimum Gasteiger partial charge on any atom is -0.410 e. The number of non-ortho nitro benzene ring substituents is 1. The normalized spacial score (nSPS) is 11.3. The van der Waals surface area contributed by atoms with Crippen LogP contribution in [-0.4, -0.2) is 15.8 Å². The Morgan fingerprint density at radius 1 is 1.05 bits per heavy atom. The Morgan fingerprint density at radius 2 is 1.53 bits per heavy atom. The number of aryl methyl sites for hydroxylation is 1. The van der Waals surface area contributed by atoms with Gasteiger partial charge in [0.25, 0.3) is 5.69 Å².